The molecule has 1 atom stereocenters. The summed E-state index contributed by atoms with van der Waals surface area (Å²) in [5, 5.41) is 18.3. The predicted octanol–water partition coefficient (Wildman–Crippen LogP) is 2.72. The largest absolute Gasteiger partial charge is 0.300 e. The molecule has 2 aromatic rings. The van der Waals surface area contributed by atoms with E-state index in [0.717, 1.165) is 5.69 Å². The lowest BCUT2D eigenvalue weighted by Gasteiger charge is -2.03. The van der Waals surface area contributed by atoms with Gasteiger partial charge in [-0.25, -0.2) is 9.97 Å². The topological polar surface area (TPSA) is 111 Å². The van der Waals surface area contributed by atoms with Crippen molar-refractivity contribution in [3.8, 4) is 0 Å². The van der Waals surface area contributed by atoms with E-state index in [-0.39, 0.29) is 5.69 Å². The molecule has 8 heteroatoms. The van der Waals surface area contributed by atoms with Crippen molar-refractivity contribution in [2.75, 3.05) is 0 Å². The first-order chi connectivity index (χ1) is 10.1. The van der Waals surface area contributed by atoms with Gasteiger partial charge in [0, 0.05) is 17.8 Å². The highest BCUT2D eigenvalue weighted by molar-refractivity contribution is 5.60. The van der Waals surface area contributed by atoms with Crippen molar-refractivity contribution in [3.63, 3.8) is 0 Å². The van der Waals surface area contributed by atoms with Crippen molar-refractivity contribution in [1.82, 2.24) is 9.97 Å². The number of azo groups is 1. The van der Waals surface area contributed by atoms with Crippen LogP contribution in [0.15, 0.2) is 46.9 Å². The second-order valence-electron chi connectivity index (χ2n) is 4.15. The highest BCUT2D eigenvalue weighted by atomic mass is 16.6. The summed E-state index contributed by atoms with van der Waals surface area (Å²) in [5.74, 6) is 0. The van der Waals surface area contributed by atoms with Gasteiger partial charge in [0.1, 0.15) is 6.33 Å². The molecule has 0 aliphatic carbocycles. The summed E-state index contributed by atoms with van der Waals surface area (Å²) in [6.07, 6.45) is 1.97. The molecule has 0 aliphatic rings. The fourth-order valence-electron chi connectivity index (χ4n) is 1.56. The van der Waals surface area contributed by atoms with Crippen LogP contribution in [0, 0.1) is 17.0 Å². The Hall–Kier alpha value is -3.03. The van der Waals surface area contributed by atoms with E-state index in [9.17, 15) is 14.9 Å². The Morgan fingerprint density at radius 2 is 2.00 bits per heavy atom. The van der Waals surface area contributed by atoms with Gasteiger partial charge in [-0.15, -0.1) is 0 Å². The Morgan fingerprint density at radius 1 is 1.29 bits per heavy atom. The van der Waals surface area contributed by atoms with E-state index in [1.54, 1.807) is 13.0 Å². The second-order valence-corrected chi connectivity index (χ2v) is 4.15. The van der Waals surface area contributed by atoms with Crippen LogP contribution in [0.3, 0.4) is 0 Å². The summed E-state index contributed by atoms with van der Waals surface area (Å²) in [7, 11) is 0. The number of hydrogen-bond donors (Lipinski definition) is 0. The number of benzene rings is 1. The van der Waals surface area contributed by atoms with Gasteiger partial charge in [-0.1, -0.05) is 0 Å². The molecule has 1 aromatic heterocycles. The number of aryl methyl sites for hydroxylation is 1. The van der Waals surface area contributed by atoms with Crippen molar-refractivity contribution in [1.29, 1.82) is 0 Å². The maximum Gasteiger partial charge on any atom is 0.269 e. The molecule has 0 N–H and O–H groups in total. The highest BCUT2D eigenvalue weighted by Crippen LogP contribution is 2.21. The van der Waals surface area contributed by atoms with Crippen molar-refractivity contribution >= 4 is 17.7 Å². The number of nitrogens with zero attached hydrogens (tertiary/aromatic N) is 5. The molecule has 21 heavy (non-hydrogen) atoms. The van der Waals surface area contributed by atoms with E-state index < -0.39 is 11.0 Å². The molecule has 0 bridgehead atoms. The Morgan fingerprint density at radius 3 is 2.57 bits per heavy atom. The minimum Gasteiger partial charge on any atom is -0.300 e. The van der Waals surface area contributed by atoms with Gasteiger partial charge in [-0.3, -0.25) is 10.1 Å². The normalized spacial score (nSPS) is 12.2. The van der Waals surface area contributed by atoms with E-state index in [2.05, 4.69) is 20.2 Å². The molecule has 0 saturated carbocycles. The molecule has 0 amide bonds. The van der Waals surface area contributed by atoms with Gasteiger partial charge in [0.05, 0.1) is 16.3 Å². The predicted molar refractivity (Wildman–Crippen MR) is 73.2 cm³/mol. The van der Waals surface area contributed by atoms with Crippen LogP contribution in [-0.2, 0) is 4.79 Å². The number of aldehydes is 1. The van der Waals surface area contributed by atoms with E-state index in [4.69, 9.17) is 0 Å². The van der Waals surface area contributed by atoms with Crippen LogP contribution in [0.5, 0.6) is 0 Å². The minimum atomic E-state index is -0.832. The first-order valence-corrected chi connectivity index (χ1v) is 5.99. The summed E-state index contributed by atoms with van der Waals surface area (Å²) < 4.78 is 0. The van der Waals surface area contributed by atoms with Crippen molar-refractivity contribution in [2.45, 2.75) is 13.0 Å². The summed E-state index contributed by atoms with van der Waals surface area (Å²) in [4.78, 5) is 29.0. The maximum absolute atomic E-state index is 11.1. The molecule has 0 saturated heterocycles. The molecule has 1 unspecified atom stereocenters. The third-order valence-electron chi connectivity index (χ3n) is 2.62. The molecule has 1 aromatic carbocycles. The zero-order valence-corrected chi connectivity index (χ0v) is 11.1. The Labute approximate surface area is 119 Å². The summed E-state index contributed by atoms with van der Waals surface area (Å²) in [6.45, 7) is 1.78. The lowest BCUT2D eigenvalue weighted by molar-refractivity contribution is -0.384. The molecule has 106 valence electrons. The third-order valence-corrected chi connectivity index (χ3v) is 2.62. The Balaban J connectivity index is 2.18. The van der Waals surface area contributed by atoms with Crippen molar-refractivity contribution in [2.24, 2.45) is 10.2 Å². The van der Waals surface area contributed by atoms with Crippen LogP contribution in [0.1, 0.15) is 17.4 Å². The van der Waals surface area contributed by atoms with E-state index in [0.29, 0.717) is 17.7 Å². The van der Waals surface area contributed by atoms with Crippen LogP contribution < -0.4 is 0 Å². The molecular formula is C13H11N5O3. The zero-order valence-electron chi connectivity index (χ0n) is 11.1. The lowest BCUT2D eigenvalue weighted by atomic mass is 10.2. The van der Waals surface area contributed by atoms with Crippen molar-refractivity contribution in [3.05, 3.63) is 58.2 Å². The molecule has 8 nitrogen and oxygen atoms in total. The van der Waals surface area contributed by atoms with Gasteiger partial charge >= 0.3 is 0 Å². The molecule has 2 rings (SSSR count). The van der Waals surface area contributed by atoms with Crippen LogP contribution in [0.2, 0.25) is 0 Å². The van der Waals surface area contributed by atoms with E-state index in [1.165, 1.54) is 30.6 Å². The van der Waals surface area contributed by atoms with E-state index >= 15 is 0 Å². The number of carbonyl (C=O) groups excluding carboxylic acids is 1. The summed E-state index contributed by atoms with van der Waals surface area (Å²) >= 11 is 0. The summed E-state index contributed by atoms with van der Waals surface area (Å²) in [5.41, 5.74) is 1.55. The maximum atomic E-state index is 11.1. The third kappa shape index (κ3) is 3.72. The number of nitro benzene ring substituents is 1. The first-order valence-electron chi connectivity index (χ1n) is 5.99. The van der Waals surface area contributed by atoms with Gasteiger partial charge in [-0.2, -0.15) is 10.2 Å². The molecular weight excluding hydrogens is 274 g/mol. The lowest BCUT2D eigenvalue weighted by Crippen LogP contribution is -2.00. The molecule has 0 aliphatic heterocycles. The van der Waals surface area contributed by atoms with Crippen LogP contribution in [-0.4, -0.2) is 21.2 Å². The highest BCUT2D eigenvalue weighted by Gasteiger charge is 2.11. The molecule has 0 radical (unpaired) electrons. The molecule has 1 heterocycles. The van der Waals surface area contributed by atoms with Crippen molar-refractivity contribution < 1.29 is 9.72 Å². The average molecular weight is 285 g/mol. The standard InChI is InChI=1S/C13H11N5O3/c1-9-6-12(15-8-14-9)13(7-19)17-16-10-2-4-11(5-3-10)18(20)21/h2-8,13H,1H3. The SMILES string of the molecule is Cc1cc(C(C=O)N=Nc2ccc([N+](=O)[O-])cc2)ncn1. The quantitative estimate of drug-likeness (QED) is 0.363. The first kappa shape index (κ1) is 14.4. The number of rotatable bonds is 5. The van der Waals surface area contributed by atoms with Gasteiger partial charge in [0.15, 0.2) is 12.3 Å². The molecule has 0 spiro atoms. The zero-order chi connectivity index (χ0) is 15.2. The molecule has 0 fully saturated rings. The Kier molecular flexibility index (Phi) is 4.39. The monoisotopic (exact) mass is 285 g/mol. The van der Waals surface area contributed by atoms with Gasteiger partial charge in [-0.05, 0) is 25.1 Å². The number of carbonyl (C=O) groups is 1. The Bertz CT molecular complexity index is 684. The summed E-state index contributed by atoms with van der Waals surface area (Å²) in [6, 6.07) is 6.36. The van der Waals surface area contributed by atoms with Crippen LogP contribution >= 0.6 is 0 Å². The van der Waals surface area contributed by atoms with Gasteiger partial charge < -0.3 is 4.79 Å². The van der Waals surface area contributed by atoms with E-state index in [1.807, 2.05) is 0 Å². The fraction of sp³-hybridized carbons (Fsp3) is 0.154. The smallest absolute Gasteiger partial charge is 0.269 e. The average Bonchev–Trinajstić information content (AvgIpc) is 2.48. The number of nitro groups is 1. The van der Waals surface area contributed by atoms with Crippen LogP contribution in [0.4, 0.5) is 11.4 Å². The number of aromatic nitrogens is 2. The van der Waals surface area contributed by atoms with Gasteiger partial charge in [0.25, 0.3) is 5.69 Å². The van der Waals surface area contributed by atoms with Gasteiger partial charge in [0.2, 0.25) is 0 Å². The van der Waals surface area contributed by atoms with Crippen LogP contribution in [0.25, 0.3) is 0 Å². The fourth-order valence-corrected chi connectivity index (χ4v) is 1.56. The number of hydrogen-bond acceptors (Lipinski definition) is 7. The second kappa shape index (κ2) is 6.42. The number of non-ortho nitro benzene ring substituents is 1. The minimum absolute atomic E-state index is 0.0349.